The molecule has 0 atom stereocenters. The zero-order chi connectivity index (χ0) is 13.0. The van der Waals surface area contributed by atoms with Crippen molar-refractivity contribution in [1.29, 1.82) is 0 Å². The average molecular weight is 478 g/mol. The van der Waals surface area contributed by atoms with Crippen molar-refractivity contribution in [2.45, 2.75) is 96.5 Å². The van der Waals surface area contributed by atoms with Gasteiger partial charge < -0.3 is 0 Å². The first-order valence-electron chi connectivity index (χ1n) is 8.09. The Kier molecular flexibility index (Phi) is 18.1. The second kappa shape index (κ2) is 14.9. The number of unbranched alkanes of at least 4 members (excludes halogenated alkanes) is 4. The molecule has 0 unspecified atom stereocenters. The maximum Gasteiger partial charge on any atom is -0.107 e. The number of hydrogen-bond donors (Lipinski definition) is 0. The van der Waals surface area contributed by atoms with Gasteiger partial charge in [0.1, 0.15) is 0 Å². The van der Waals surface area contributed by atoms with E-state index in [-0.39, 0.29) is 24.0 Å². The van der Waals surface area contributed by atoms with Gasteiger partial charge in [-0.15, -0.1) is 24.0 Å². The van der Waals surface area contributed by atoms with Crippen LogP contribution in [-0.2, 0) is 0 Å². The minimum atomic E-state index is -1.58. The SMILES string of the molecule is CCC[CH2][Sb]([CH2]CCC)([CH2]CCC)[CH2]CCC.I. The van der Waals surface area contributed by atoms with Crippen molar-refractivity contribution in [2.24, 2.45) is 0 Å². The molecule has 0 amide bonds. The average Bonchev–Trinajstić information content (AvgIpc) is 2.37. The van der Waals surface area contributed by atoms with E-state index in [0.29, 0.717) is 0 Å². The van der Waals surface area contributed by atoms with E-state index in [1.54, 1.807) is 17.5 Å². The Morgan fingerprint density at radius 2 is 0.722 bits per heavy atom. The minimum Gasteiger partial charge on any atom is -0.107 e. The Morgan fingerprint density at radius 3 is 0.889 bits per heavy atom. The molecule has 0 aromatic carbocycles. The quantitative estimate of drug-likeness (QED) is 0.205. The fourth-order valence-electron chi connectivity index (χ4n) is 2.64. The van der Waals surface area contributed by atoms with Crippen LogP contribution in [-0.4, -0.2) is 18.8 Å². The fraction of sp³-hybridized carbons (Fsp3) is 1.00. The maximum absolute atomic E-state index is 2.37. The van der Waals surface area contributed by atoms with Crippen molar-refractivity contribution < 1.29 is 0 Å². The van der Waals surface area contributed by atoms with Crippen LogP contribution in [0.3, 0.4) is 0 Å². The first kappa shape index (κ1) is 21.8. The summed E-state index contributed by atoms with van der Waals surface area (Å²) in [4.78, 5) is 0. The first-order chi connectivity index (χ1) is 8.24. The van der Waals surface area contributed by atoms with Gasteiger partial charge in [-0.3, -0.25) is 0 Å². The summed E-state index contributed by atoms with van der Waals surface area (Å²) < 4.78 is 6.76. The van der Waals surface area contributed by atoms with Crippen LogP contribution in [0.2, 0.25) is 17.5 Å². The summed E-state index contributed by atoms with van der Waals surface area (Å²) in [5.41, 5.74) is 0. The predicted octanol–water partition coefficient (Wildman–Crippen LogP) is 7.25. The van der Waals surface area contributed by atoms with E-state index < -0.39 is 18.8 Å². The Hall–Kier alpha value is 1.55. The van der Waals surface area contributed by atoms with Gasteiger partial charge in [0.15, 0.2) is 0 Å². The van der Waals surface area contributed by atoms with E-state index in [4.69, 9.17) is 0 Å². The second-order valence-corrected chi connectivity index (χ2v) is 18.4. The molecular formula is C16H37ISb. The van der Waals surface area contributed by atoms with E-state index in [1.807, 2.05) is 0 Å². The van der Waals surface area contributed by atoms with Gasteiger partial charge in [0, 0.05) is 0 Å². The van der Waals surface area contributed by atoms with Crippen LogP contribution in [0.5, 0.6) is 0 Å². The van der Waals surface area contributed by atoms with Crippen LogP contribution < -0.4 is 0 Å². The van der Waals surface area contributed by atoms with Gasteiger partial charge in [-0.1, -0.05) is 0 Å². The van der Waals surface area contributed by atoms with E-state index in [9.17, 15) is 0 Å². The number of hydrogen-bond acceptors (Lipinski definition) is 0. The predicted molar refractivity (Wildman–Crippen MR) is 100 cm³/mol. The molecule has 0 aromatic rings. The molecule has 18 heavy (non-hydrogen) atoms. The van der Waals surface area contributed by atoms with E-state index in [2.05, 4.69) is 27.7 Å². The van der Waals surface area contributed by atoms with Crippen LogP contribution in [0.25, 0.3) is 0 Å². The van der Waals surface area contributed by atoms with Crippen molar-refractivity contribution in [3.8, 4) is 0 Å². The molecule has 0 saturated carbocycles. The zero-order valence-electron chi connectivity index (χ0n) is 13.3. The molecule has 0 aliphatic rings. The molecular weight excluding hydrogens is 441 g/mol. The molecule has 0 nitrogen and oxygen atoms in total. The van der Waals surface area contributed by atoms with Gasteiger partial charge in [0.25, 0.3) is 0 Å². The van der Waals surface area contributed by atoms with Crippen LogP contribution in [0, 0.1) is 0 Å². The Labute approximate surface area is 138 Å². The molecule has 0 rings (SSSR count). The molecule has 2 heteroatoms. The van der Waals surface area contributed by atoms with Crippen LogP contribution >= 0.6 is 24.0 Å². The van der Waals surface area contributed by atoms with Crippen LogP contribution in [0.4, 0.5) is 0 Å². The van der Waals surface area contributed by atoms with Crippen molar-refractivity contribution in [1.82, 2.24) is 0 Å². The molecule has 0 bridgehead atoms. The summed E-state index contributed by atoms with van der Waals surface area (Å²) in [7, 11) is 0. The first-order valence-corrected chi connectivity index (χ1v) is 15.3. The van der Waals surface area contributed by atoms with Gasteiger partial charge in [-0.25, -0.2) is 0 Å². The molecule has 0 aliphatic heterocycles. The molecule has 0 aromatic heterocycles. The summed E-state index contributed by atoms with van der Waals surface area (Å²) in [6, 6.07) is 0. The van der Waals surface area contributed by atoms with E-state index in [0.717, 1.165) is 0 Å². The van der Waals surface area contributed by atoms with Crippen molar-refractivity contribution in [3.05, 3.63) is 0 Å². The van der Waals surface area contributed by atoms with Crippen LogP contribution in [0.1, 0.15) is 79.1 Å². The smallest absolute Gasteiger partial charge is 0.107 e. The van der Waals surface area contributed by atoms with Gasteiger partial charge in [-0.05, 0) is 0 Å². The molecule has 0 spiro atoms. The third kappa shape index (κ3) is 10.3. The normalized spacial score (nSPS) is 11.3. The topological polar surface area (TPSA) is 0 Å². The molecule has 0 aliphatic carbocycles. The summed E-state index contributed by atoms with van der Waals surface area (Å²) >= 11 is -1.58. The molecule has 0 heterocycles. The summed E-state index contributed by atoms with van der Waals surface area (Å²) in [5, 5.41) is 0. The molecule has 0 fully saturated rings. The Balaban J connectivity index is 0. The van der Waals surface area contributed by atoms with E-state index >= 15 is 0 Å². The molecule has 0 saturated heterocycles. The van der Waals surface area contributed by atoms with Crippen molar-refractivity contribution >= 4 is 42.8 Å². The van der Waals surface area contributed by atoms with Gasteiger partial charge >= 0.3 is 115 Å². The zero-order valence-corrected chi connectivity index (χ0v) is 18.2. The summed E-state index contributed by atoms with van der Waals surface area (Å²) in [6.45, 7) is 9.48. The standard InChI is InChI=1S/4C4H9.HI.Sb/c4*1-3-4-2;;/h4*1,3-4H2,2H3;1H;. The number of rotatable bonds is 12. The number of halogens is 1. The molecule has 0 N–H and O–H groups in total. The molecule has 1 radical (unpaired) electrons. The van der Waals surface area contributed by atoms with Crippen LogP contribution in [0.15, 0.2) is 0 Å². The largest absolute Gasteiger partial charge is 0.107 e. The Bertz CT molecular complexity index is 122. The maximum atomic E-state index is 2.37. The Morgan fingerprint density at radius 1 is 0.500 bits per heavy atom. The van der Waals surface area contributed by atoms with E-state index in [1.165, 1.54) is 51.4 Å². The second-order valence-electron chi connectivity index (χ2n) is 5.65. The summed E-state index contributed by atoms with van der Waals surface area (Å²) in [6.07, 6.45) is 11.8. The van der Waals surface area contributed by atoms with Gasteiger partial charge in [0.05, 0.1) is 0 Å². The monoisotopic (exact) mass is 477 g/mol. The third-order valence-corrected chi connectivity index (χ3v) is 18.4. The van der Waals surface area contributed by atoms with Crippen molar-refractivity contribution in [3.63, 3.8) is 0 Å². The van der Waals surface area contributed by atoms with Gasteiger partial charge in [0.2, 0.25) is 0 Å². The van der Waals surface area contributed by atoms with Gasteiger partial charge in [-0.2, -0.15) is 0 Å². The third-order valence-electron chi connectivity index (χ3n) is 3.94. The minimum absolute atomic E-state index is 0. The molecule has 113 valence electrons. The fourth-order valence-corrected chi connectivity index (χ4v) is 17.7. The van der Waals surface area contributed by atoms with Crippen molar-refractivity contribution in [2.75, 3.05) is 0 Å². The summed E-state index contributed by atoms with van der Waals surface area (Å²) in [5.74, 6) is 0.